The summed E-state index contributed by atoms with van der Waals surface area (Å²) in [6.45, 7) is 6.86. The van der Waals surface area contributed by atoms with Gasteiger partial charge in [0.05, 0.1) is 13.2 Å². The molecule has 31 heavy (non-hydrogen) atoms. The Balaban J connectivity index is 1.43. The molecule has 1 aliphatic rings. The summed E-state index contributed by atoms with van der Waals surface area (Å²) in [5, 5.41) is 5.97. The van der Waals surface area contributed by atoms with Crippen molar-refractivity contribution < 1.29 is 14.3 Å². The molecule has 6 nitrogen and oxygen atoms in total. The molecule has 0 atom stereocenters. The van der Waals surface area contributed by atoms with Crippen LogP contribution in [0.5, 0.6) is 5.75 Å². The zero-order valence-electron chi connectivity index (χ0n) is 18.5. The molecule has 3 rings (SSSR count). The maximum Gasteiger partial charge on any atom is 0.253 e. The molecule has 0 bridgehead atoms. The second-order valence-corrected chi connectivity index (χ2v) is 8.18. The number of likely N-dealkylation sites (tertiary alicyclic amines) is 1. The molecule has 0 unspecified atom stereocenters. The first kappa shape index (κ1) is 22.7. The predicted molar refractivity (Wildman–Crippen MR) is 125 cm³/mol. The molecule has 2 aromatic rings. The first-order chi connectivity index (χ1) is 15.0. The van der Waals surface area contributed by atoms with Crippen molar-refractivity contribution in [3.8, 4) is 5.75 Å². The van der Waals surface area contributed by atoms with Gasteiger partial charge in [-0.05, 0) is 73.7 Å². The van der Waals surface area contributed by atoms with Gasteiger partial charge in [-0.3, -0.25) is 9.59 Å². The summed E-state index contributed by atoms with van der Waals surface area (Å²) in [5.74, 6) is 1.44. The van der Waals surface area contributed by atoms with Crippen molar-refractivity contribution in [3.63, 3.8) is 0 Å². The van der Waals surface area contributed by atoms with E-state index in [1.165, 1.54) is 0 Å². The maximum absolute atomic E-state index is 12.6. The van der Waals surface area contributed by atoms with Gasteiger partial charge >= 0.3 is 0 Å². The first-order valence-electron chi connectivity index (χ1n) is 11.2. The number of piperidine rings is 1. The minimum Gasteiger partial charge on any atom is -0.494 e. The van der Waals surface area contributed by atoms with Gasteiger partial charge in [-0.2, -0.15) is 0 Å². The highest BCUT2D eigenvalue weighted by Crippen LogP contribution is 2.19. The number of anilines is 2. The Kier molecular flexibility index (Phi) is 8.33. The van der Waals surface area contributed by atoms with Crippen LogP contribution in [0.25, 0.3) is 0 Å². The fourth-order valence-corrected chi connectivity index (χ4v) is 3.48. The number of amides is 2. The van der Waals surface area contributed by atoms with E-state index in [0.29, 0.717) is 23.8 Å². The summed E-state index contributed by atoms with van der Waals surface area (Å²) in [7, 11) is 0. The number of hydrogen-bond acceptors (Lipinski definition) is 4. The van der Waals surface area contributed by atoms with Gasteiger partial charge < -0.3 is 20.3 Å². The monoisotopic (exact) mass is 423 g/mol. The van der Waals surface area contributed by atoms with Crippen molar-refractivity contribution >= 4 is 23.2 Å². The van der Waals surface area contributed by atoms with Gasteiger partial charge in [-0.15, -0.1) is 0 Å². The Morgan fingerprint density at radius 2 is 1.65 bits per heavy atom. The van der Waals surface area contributed by atoms with Crippen LogP contribution in [0.2, 0.25) is 0 Å². The maximum atomic E-state index is 12.6. The average molecular weight is 424 g/mol. The van der Waals surface area contributed by atoms with E-state index < -0.39 is 0 Å². The molecule has 0 aliphatic carbocycles. The molecule has 1 heterocycles. The lowest BCUT2D eigenvalue weighted by Gasteiger charge is -2.30. The summed E-state index contributed by atoms with van der Waals surface area (Å²) in [6.07, 6.45) is 4.25. The van der Waals surface area contributed by atoms with Gasteiger partial charge in [0, 0.05) is 30.0 Å². The Bertz CT molecular complexity index is 841. The lowest BCUT2D eigenvalue weighted by Crippen LogP contribution is -2.37. The van der Waals surface area contributed by atoms with Crippen LogP contribution in [0.1, 0.15) is 49.9 Å². The number of benzene rings is 2. The molecular formula is C25H33N3O3. The van der Waals surface area contributed by atoms with E-state index in [4.69, 9.17) is 4.74 Å². The van der Waals surface area contributed by atoms with Gasteiger partial charge in [0.1, 0.15) is 5.75 Å². The van der Waals surface area contributed by atoms with Gasteiger partial charge in [-0.25, -0.2) is 0 Å². The Hall–Kier alpha value is -3.02. The number of carbonyl (C=O) groups excluding carboxylic acids is 2. The van der Waals surface area contributed by atoms with Crippen LogP contribution in [-0.2, 0) is 4.79 Å². The van der Waals surface area contributed by atoms with E-state index in [0.717, 1.165) is 50.2 Å². The number of unbranched alkanes of at least 4 members (excludes halogenated alkanes) is 1. The smallest absolute Gasteiger partial charge is 0.253 e. The van der Waals surface area contributed by atoms with Crippen molar-refractivity contribution in [2.75, 3.05) is 36.9 Å². The second kappa shape index (κ2) is 11.4. The normalized spacial score (nSPS) is 14.2. The number of hydrogen-bond donors (Lipinski definition) is 2. The molecule has 0 spiro atoms. The summed E-state index contributed by atoms with van der Waals surface area (Å²) in [4.78, 5) is 26.8. The molecule has 1 aliphatic heterocycles. The van der Waals surface area contributed by atoms with Crippen molar-refractivity contribution in [2.45, 2.75) is 39.5 Å². The third-order valence-electron chi connectivity index (χ3n) is 5.56. The summed E-state index contributed by atoms with van der Waals surface area (Å²) in [5.41, 5.74) is 2.19. The number of rotatable bonds is 9. The van der Waals surface area contributed by atoms with Crippen LogP contribution >= 0.6 is 0 Å². The number of nitrogens with zero attached hydrogens (tertiary/aromatic N) is 1. The van der Waals surface area contributed by atoms with Crippen molar-refractivity contribution in [2.24, 2.45) is 5.92 Å². The molecule has 2 N–H and O–H groups in total. The minimum absolute atomic E-state index is 0.0635. The highest BCUT2D eigenvalue weighted by atomic mass is 16.5. The van der Waals surface area contributed by atoms with Crippen LogP contribution in [0.15, 0.2) is 48.5 Å². The zero-order chi connectivity index (χ0) is 22.1. The molecule has 0 saturated carbocycles. The highest BCUT2D eigenvalue weighted by molar-refractivity contribution is 5.96. The van der Waals surface area contributed by atoms with E-state index in [2.05, 4.69) is 24.5 Å². The Morgan fingerprint density at radius 3 is 2.29 bits per heavy atom. The van der Waals surface area contributed by atoms with Crippen LogP contribution in [0.3, 0.4) is 0 Å². The van der Waals surface area contributed by atoms with E-state index >= 15 is 0 Å². The number of nitrogens with one attached hydrogen (secondary N) is 2. The Morgan fingerprint density at radius 1 is 1.00 bits per heavy atom. The minimum atomic E-state index is -0.146. The number of ether oxygens (including phenoxy) is 1. The van der Waals surface area contributed by atoms with Crippen LogP contribution in [0, 0.1) is 5.92 Å². The van der Waals surface area contributed by atoms with Crippen LogP contribution in [0.4, 0.5) is 11.4 Å². The molecule has 1 saturated heterocycles. The predicted octanol–water partition coefficient (Wildman–Crippen LogP) is 4.79. The average Bonchev–Trinajstić information content (AvgIpc) is 2.79. The molecule has 2 aromatic carbocycles. The van der Waals surface area contributed by atoms with Gasteiger partial charge in [0.15, 0.2) is 0 Å². The molecule has 0 radical (unpaired) electrons. The summed E-state index contributed by atoms with van der Waals surface area (Å²) >= 11 is 0. The zero-order valence-corrected chi connectivity index (χ0v) is 18.5. The number of carbonyl (C=O) groups is 2. The molecule has 166 valence electrons. The third kappa shape index (κ3) is 7.02. The quantitative estimate of drug-likeness (QED) is 0.569. The van der Waals surface area contributed by atoms with E-state index in [1.54, 1.807) is 24.3 Å². The van der Waals surface area contributed by atoms with Gasteiger partial charge in [0.2, 0.25) is 5.91 Å². The first-order valence-corrected chi connectivity index (χ1v) is 11.2. The third-order valence-corrected chi connectivity index (χ3v) is 5.56. The SMILES string of the molecule is CCCCOc1ccc(NCC(=O)Nc2ccc(C(=O)N3CCC(C)CC3)cc2)cc1. The molecule has 2 amide bonds. The molecule has 0 aromatic heterocycles. The van der Waals surface area contributed by atoms with Crippen molar-refractivity contribution in [1.82, 2.24) is 4.90 Å². The largest absolute Gasteiger partial charge is 0.494 e. The topological polar surface area (TPSA) is 70.7 Å². The van der Waals surface area contributed by atoms with Gasteiger partial charge in [-0.1, -0.05) is 20.3 Å². The molecular weight excluding hydrogens is 390 g/mol. The second-order valence-electron chi connectivity index (χ2n) is 8.18. The fraction of sp³-hybridized carbons (Fsp3) is 0.440. The standard InChI is InChI=1S/C25H33N3O3/c1-3-4-17-31-23-11-9-21(10-12-23)26-18-24(29)27-22-7-5-20(6-8-22)25(30)28-15-13-19(2)14-16-28/h5-12,19,26H,3-4,13-18H2,1-2H3,(H,27,29). The fourth-order valence-electron chi connectivity index (χ4n) is 3.48. The van der Waals surface area contributed by atoms with E-state index in [1.807, 2.05) is 29.2 Å². The van der Waals surface area contributed by atoms with E-state index in [-0.39, 0.29) is 18.4 Å². The molecule has 1 fully saturated rings. The van der Waals surface area contributed by atoms with Crippen LogP contribution < -0.4 is 15.4 Å². The Labute approximate surface area is 185 Å². The highest BCUT2D eigenvalue weighted by Gasteiger charge is 2.21. The van der Waals surface area contributed by atoms with Gasteiger partial charge in [0.25, 0.3) is 5.91 Å². The summed E-state index contributed by atoms with van der Waals surface area (Å²) in [6, 6.07) is 14.7. The van der Waals surface area contributed by atoms with Crippen molar-refractivity contribution in [1.29, 1.82) is 0 Å². The molecule has 6 heteroatoms. The lowest BCUT2D eigenvalue weighted by molar-refractivity contribution is -0.114. The van der Waals surface area contributed by atoms with Crippen LogP contribution in [-0.4, -0.2) is 43.0 Å². The van der Waals surface area contributed by atoms with Crippen molar-refractivity contribution in [3.05, 3.63) is 54.1 Å². The summed E-state index contributed by atoms with van der Waals surface area (Å²) < 4.78 is 5.64. The lowest BCUT2D eigenvalue weighted by atomic mass is 9.98. The van der Waals surface area contributed by atoms with E-state index in [9.17, 15) is 9.59 Å².